The highest BCUT2D eigenvalue weighted by Crippen LogP contribution is 2.36. The quantitative estimate of drug-likeness (QED) is 0.637. The summed E-state index contributed by atoms with van der Waals surface area (Å²) in [6, 6.07) is 7.53. The van der Waals surface area contributed by atoms with Crippen LogP contribution in [0.2, 0.25) is 0 Å². The zero-order valence-electron chi connectivity index (χ0n) is 12.2. The van der Waals surface area contributed by atoms with E-state index in [2.05, 4.69) is 12.2 Å². The molecule has 0 heterocycles. The molecule has 20 heavy (non-hydrogen) atoms. The van der Waals surface area contributed by atoms with E-state index in [0.29, 0.717) is 17.7 Å². The Hall–Kier alpha value is -1.90. The lowest BCUT2D eigenvalue weighted by atomic mass is 9.99. The molecule has 0 saturated carbocycles. The van der Waals surface area contributed by atoms with Crippen LogP contribution in [0.1, 0.15) is 55.5 Å². The number of hydrogen-bond acceptors (Lipinski definition) is 2. The van der Waals surface area contributed by atoms with Crippen molar-refractivity contribution in [3.05, 3.63) is 41.0 Å². The predicted molar refractivity (Wildman–Crippen MR) is 80.5 cm³/mol. The van der Waals surface area contributed by atoms with Gasteiger partial charge in [-0.15, -0.1) is 0 Å². The van der Waals surface area contributed by atoms with Crippen molar-refractivity contribution in [3.63, 3.8) is 0 Å². The predicted octanol–water partition coefficient (Wildman–Crippen LogP) is 3.35. The monoisotopic (exact) mass is 271 g/mol. The van der Waals surface area contributed by atoms with Gasteiger partial charge in [-0.05, 0) is 30.9 Å². The third-order valence-electron chi connectivity index (χ3n) is 3.62. The van der Waals surface area contributed by atoms with Crippen molar-refractivity contribution in [2.24, 2.45) is 0 Å². The highest BCUT2D eigenvalue weighted by molar-refractivity contribution is 6.34. The van der Waals surface area contributed by atoms with Crippen LogP contribution < -0.4 is 5.32 Å². The van der Waals surface area contributed by atoms with Crippen LogP contribution in [0.5, 0.6) is 0 Å². The number of benzene rings is 1. The molecule has 0 spiro atoms. The lowest BCUT2D eigenvalue weighted by Gasteiger charge is -2.07. The number of hydrogen-bond donors (Lipinski definition) is 1. The summed E-state index contributed by atoms with van der Waals surface area (Å²) in [5.74, 6) is -0.363. The fourth-order valence-electron chi connectivity index (χ4n) is 2.65. The Balaban J connectivity index is 2.38. The summed E-state index contributed by atoms with van der Waals surface area (Å²) in [6.07, 6.45) is 4.04. The van der Waals surface area contributed by atoms with Gasteiger partial charge in [0.05, 0.1) is 5.57 Å². The Bertz CT molecular complexity index is 558. The van der Waals surface area contributed by atoms with Crippen molar-refractivity contribution >= 4 is 17.3 Å². The highest BCUT2D eigenvalue weighted by Gasteiger charge is 2.32. The van der Waals surface area contributed by atoms with Crippen LogP contribution in [0.3, 0.4) is 0 Å². The summed E-state index contributed by atoms with van der Waals surface area (Å²) in [4.78, 5) is 24.6. The van der Waals surface area contributed by atoms with E-state index in [1.807, 2.05) is 31.2 Å². The number of nitrogens with one attached hydrogen (secondary N) is 1. The van der Waals surface area contributed by atoms with Gasteiger partial charge in [0, 0.05) is 12.1 Å². The fraction of sp³-hybridized carbons (Fsp3) is 0.412. The molecule has 1 aliphatic rings. The first-order valence-corrected chi connectivity index (χ1v) is 7.36. The zero-order valence-corrected chi connectivity index (χ0v) is 12.2. The van der Waals surface area contributed by atoms with Crippen molar-refractivity contribution in [1.82, 2.24) is 5.32 Å². The molecule has 1 N–H and O–H groups in total. The molecular formula is C17H21NO2. The molecule has 3 heteroatoms. The molecule has 106 valence electrons. The molecule has 2 rings (SSSR count). The summed E-state index contributed by atoms with van der Waals surface area (Å²) in [6.45, 7) is 4.54. The molecule has 0 fully saturated rings. The smallest absolute Gasteiger partial charge is 0.255 e. The molecule has 1 amide bonds. The molecule has 0 bridgehead atoms. The van der Waals surface area contributed by atoms with E-state index >= 15 is 0 Å². The van der Waals surface area contributed by atoms with Gasteiger partial charge in [0.15, 0.2) is 5.78 Å². The first-order chi connectivity index (χ1) is 9.70. The summed E-state index contributed by atoms with van der Waals surface area (Å²) in [7, 11) is 0. The average molecular weight is 271 g/mol. The maximum Gasteiger partial charge on any atom is 0.255 e. The Labute approximate surface area is 120 Å². The Kier molecular flexibility index (Phi) is 4.72. The van der Waals surface area contributed by atoms with Crippen molar-refractivity contribution < 1.29 is 9.59 Å². The van der Waals surface area contributed by atoms with Crippen molar-refractivity contribution in [3.8, 4) is 0 Å². The largest absolute Gasteiger partial charge is 0.352 e. The second-order valence-corrected chi connectivity index (χ2v) is 5.04. The highest BCUT2D eigenvalue weighted by atomic mass is 16.2. The number of amides is 1. The number of rotatable bonds is 6. The Morgan fingerprint density at radius 3 is 2.45 bits per heavy atom. The van der Waals surface area contributed by atoms with E-state index in [0.717, 1.165) is 36.8 Å². The standard InChI is InChI=1S/C17H21NO2/c1-3-5-6-10-13-12-9-7-8-11-14(12)16(19)15(13)17(20)18-4-2/h7-9,11H,3-6,10H2,1-2H3,(H,18,20). The third-order valence-corrected chi connectivity index (χ3v) is 3.62. The molecule has 0 atom stereocenters. The van der Waals surface area contributed by atoms with Crippen LogP contribution in [0.4, 0.5) is 0 Å². The number of likely N-dealkylation sites (N-methyl/N-ethyl adjacent to an activating group) is 1. The van der Waals surface area contributed by atoms with E-state index in [1.54, 1.807) is 0 Å². The third kappa shape index (κ3) is 2.67. The summed E-state index contributed by atoms with van der Waals surface area (Å²) < 4.78 is 0. The zero-order chi connectivity index (χ0) is 14.5. The number of Topliss-reactive ketones (excluding diaryl/α,β-unsaturated/α-hetero) is 1. The SMILES string of the molecule is CCCCCC1=C(C(=O)NCC)C(=O)c2ccccc21. The van der Waals surface area contributed by atoms with Crippen molar-refractivity contribution in [1.29, 1.82) is 0 Å². The second kappa shape index (κ2) is 6.51. The average Bonchev–Trinajstić information content (AvgIpc) is 2.73. The number of unbranched alkanes of at least 4 members (excludes halogenated alkanes) is 2. The number of fused-ring (bicyclic) bond motifs is 1. The van der Waals surface area contributed by atoms with Gasteiger partial charge in [0.1, 0.15) is 0 Å². The first kappa shape index (κ1) is 14.5. The number of carbonyl (C=O) groups excluding carboxylic acids is 2. The second-order valence-electron chi connectivity index (χ2n) is 5.04. The number of allylic oxidation sites excluding steroid dienone is 1. The van der Waals surface area contributed by atoms with Gasteiger partial charge in [-0.25, -0.2) is 0 Å². The van der Waals surface area contributed by atoms with E-state index < -0.39 is 0 Å². The maximum atomic E-state index is 12.4. The normalized spacial score (nSPS) is 13.6. The molecule has 1 aliphatic carbocycles. The minimum Gasteiger partial charge on any atom is -0.352 e. The lowest BCUT2D eigenvalue weighted by Crippen LogP contribution is -2.27. The minimum absolute atomic E-state index is 0.127. The van der Waals surface area contributed by atoms with Gasteiger partial charge in [-0.3, -0.25) is 9.59 Å². The molecule has 1 aromatic rings. The van der Waals surface area contributed by atoms with Crippen LogP contribution in [-0.2, 0) is 4.79 Å². The van der Waals surface area contributed by atoms with Gasteiger partial charge in [0.2, 0.25) is 0 Å². The van der Waals surface area contributed by atoms with E-state index in [1.165, 1.54) is 0 Å². The number of ketones is 1. The molecule has 0 unspecified atom stereocenters. The van der Waals surface area contributed by atoms with Crippen LogP contribution in [-0.4, -0.2) is 18.2 Å². The van der Waals surface area contributed by atoms with E-state index in [4.69, 9.17) is 0 Å². The summed E-state index contributed by atoms with van der Waals surface area (Å²) in [5.41, 5.74) is 2.88. The van der Waals surface area contributed by atoms with Crippen LogP contribution >= 0.6 is 0 Å². The topological polar surface area (TPSA) is 46.2 Å². The fourth-order valence-corrected chi connectivity index (χ4v) is 2.65. The van der Waals surface area contributed by atoms with Crippen molar-refractivity contribution in [2.45, 2.75) is 39.5 Å². The molecule has 1 aromatic carbocycles. The molecule has 0 radical (unpaired) electrons. The van der Waals surface area contributed by atoms with Crippen LogP contribution in [0.25, 0.3) is 5.57 Å². The van der Waals surface area contributed by atoms with Gasteiger partial charge in [-0.2, -0.15) is 0 Å². The lowest BCUT2D eigenvalue weighted by molar-refractivity contribution is -0.117. The molecular weight excluding hydrogens is 250 g/mol. The molecule has 0 aliphatic heterocycles. The van der Waals surface area contributed by atoms with Crippen LogP contribution in [0, 0.1) is 0 Å². The maximum absolute atomic E-state index is 12.4. The molecule has 3 nitrogen and oxygen atoms in total. The molecule has 0 aromatic heterocycles. The van der Waals surface area contributed by atoms with Gasteiger partial charge in [0.25, 0.3) is 5.91 Å². The first-order valence-electron chi connectivity index (χ1n) is 7.36. The van der Waals surface area contributed by atoms with Crippen LogP contribution in [0.15, 0.2) is 29.8 Å². The summed E-state index contributed by atoms with van der Waals surface area (Å²) in [5, 5.41) is 2.76. The van der Waals surface area contributed by atoms with Gasteiger partial charge < -0.3 is 5.32 Å². The minimum atomic E-state index is -0.236. The van der Waals surface area contributed by atoms with Gasteiger partial charge in [-0.1, -0.05) is 44.0 Å². The Morgan fingerprint density at radius 1 is 1.10 bits per heavy atom. The van der Waals surface area contributed by atoms with Crippen molar-refractivity contribution in [2.75, 3.05) is 6.54 Å². The van der Waals surface area contributed by atoms with E-state index in [-0.39, 0.29) is 11.7 Å². The Morgan fingerprint density at radius 2 is 1.80 bits per heavy atom. The summed E-state index contributed by atoms with van der Waals surface area (Å²) >= 11 is 0. The van der Waals surface area contributed by atoms with Gasteiger partial charge >= 0.3 is 0 Å². The molecule has 0 saturated heterocycles. The van der Waals surface area contributed by atoms with E-state index in [9.17, 15) is 9.59 Å². The number of carbonyl (C=O) groups is 2.